The minimum Gasteiger partial charge on any atom is -0.486 e. The predicted octanol–water partition coefficient (Wildman–Crippen LogP) is 5.94. The summed E-state index contributed by atoms with van der Waals surface area (Å²) in [5, 5.41) is 0. The Bertz CT molecular complexity index is 1190. The van der Waals surface area contributed by atoms with Crippen molar-refractivity contribution < 1.29 is 9.13 Å². The lowest BCUT2D eigenvalue weighted by Crippen LogP contribution is -2.37. The maximum absolute atomic E-state index is 15.7. The molecular weight excluding hydrogens is 410 g/mol. The van der Waals surface area contributed by atoms with Gasteiger partial charge in [0, 0.05) is 17.9 Å². The number of benzene rings is 3. The SMILES string of the molecule is C=C1C(BC)=C(C)N=C(c2cccc(OCc3ccccc3)c2F)N1CCc1ccccc1. The monoisotopic (exact) mass is 438 g/mol. The van der Waals surface area contributed by atoms with Gasteiger partial charge in [-0.3, -0.25) is 0 Å². The molecule has 0 atom stereocenters. The molecule has 0 fully saturated rings. The average Bonchev–Trinajstić information content (AvgIpc) is 2.84. The molecule has 1 heterocycles. The molecule has 3 aromatic rings. The molecule has 0 spiro atoms. The summed E-state index contributed by atoms with van der Waals surface area (Å²) >= 11 is 0. The van der Waals surface area contributed by atoms with Crippen LogP contribution in [0.1, 0.15) is 23.6 Å². The molecule has 3 nitrogen and oxygen atoms in total. The zero-order chi connectivity index (χ0) is 23.2. The van der Waals surface area contributed by atoms with Crippen LogP contribution in [-0.4, -0.2) is 24.6 Å². The van der Waals surface area contributed by atoms with Crippen molar-refractivity contribution in [2.24, 2.45) is 4.99 Å². The second-order valence-corrected chi connectivity index (χ2v) is 8.08. The van der Waals surface area contributed by atoms with Crippen molar-refractivity contribution in [1.82, 2.24) is 4.90 Å². The molecule has 0 aromatic heterocycles. The number of halogens is 1. The van der Waals surface area contributed by atoms with Crippen LogP contribution in [0.2, 0.25) is 6.82 Å². The zero-order valence-corrected chi connectivity index (χ0v) is 19.2. The van der Waals surface area contributed by atoms with Crippen LogP contribution in [0.25, 0.3) is 0 Å². The van der Waals surface area contributed by atoms with E-state index in [1.165, 1.54) is 5.56 Å². The second kappa shape index (κ2) is 10.3. The van der Waals surface area contributed by atoms with Crippen LogP contribution in [0, 0.1) is 5.82 Å². The van der Waals surface area contributed by atoms with Crippen LogP contribution in [-0.2, 0) is 13.0 Å². The Hall–Kier alpha value is -3.60. The summed E-state index contributed by atoms with van der Waals surface area (Å²) < 4.78 is 21.5. The topological polar surface area (TPSA) is 24.8 Å². The van der Waals surface area contributed by atoms with Crippen LogP contribution in [0.5, 0.6) is 5.75 Å². The number of aliphatic imine (C=N–C) groups is 1. The Morgan fingerprint density at radius 3 is 2.27 bits per heavy atom. The highest BCUT2D eigenvalue weighted by Crippen LogP contribution is 2.30. The van der Waals surface area contributed by atoms with Gasteiger partial charge in [0.2, 0.25) is 0 Å². The summed E-state index contributed by atoms with van der Waals surface area (Å²) in [5.74, 6) is 0.390. The molecule has 0 amide bonds. The molecule has 0 unspecified atom stereocenters. The van der Waals surface area contributed by atoms with E-state index in [0.717, 1.165) is 36.1 Å². The Morgan fingerprint density at radius 1 is 0.939 bits per heavy atom. The maximum atomic E-state index is 15.7. The molecule has 5 heteroatoms. The minimum atomic E-state index is -0.405. The standard InChI is InChI=1S/C28H28BFN2O/c1-20-26(29-3)21(2)32(18-17-22-11-6-4-7-12-22)28(31-20)24-15-10-16-25(27(24)30)33-19-23-13-8-5-9-14-23/h4-16,29H,2,17-19H2,1,3H3. The molecule has 33 heavy (non-hydrogen) atoms. The zero-order valence-electron chi connectivity index (χ0n) is 19.2. The van der Waals surface area contributed by atoms with Crippen molar-refractivity contribution in [1.29, 1.82) is 0 Å². The van der Waals surface area contributed by atoms with E-state index >= 15 is 4.39 Å². The lowest BCUT2D eigenvalue weighted by Gasteiger charge is -2.34. The van der Waals surface area contributed by atoms with Crippen molar-refractivity contribution in [2.45, 2.75) is 26.8 Å². The van der Waals surface area contributed by atoms with Gasteiger partial charge in [0.1, 0.15) is 12.4 Å². The molecule has 0 aliphatic carbocycles. The molecule has 1 aliphatic heterocycles. The van der Waals surface area contributed by atoms with E-state index in [2.05, 4.69) is 25.5 Å². The quantitative estimate of drug-likeness (QED) is 0.407. The molecule has 1 aliphatic rings. The van der Waals surface area contributed by atoms with Gasteiger partial charge >= 0.3 is 0 Å². The van der Waals surface area contributed by atoms with Gasteiger partial charge in [0.15, 0.2) is 18.8 Å². The molecule has 0 N–H and O–H groups in total. The molecule has 3 aromatic carbocycles. The maximum Gasteiger partial charge on any atom is 0.176 e. The van der Waals surface area contributed by atoms with Gasteiger partial charge < -0.3 is 9.64 Å². The molecule has 0 saturated heterocycles. The van der Waals surface area contributed by atoms with E-state index in [1.54, 1.807) is 12.1 Å². The summed E-state index contributed by atoms with van der Waals surface area (Å²) in [6.45, 7) is 9.37. The van der Waals surface area contributed by atoms with Crippen molar-refractivity contribution in [3.05, 3.63) is 125 Å². The molecule has 0 bridgehead atoms. The number of rotatable bonds is 8. The number of hydrogen-bond acceptors (Lipinski definition) is 3. The van der Waals surface area contributed by atoms with Gasteiger partial charge in [-0.05, 0) is 42.1 Å². The molecule has 0 saturated carbocycles. The summed E-state index contributed by atoms with van der Waals surface area (Å²) in [5.41, 5.74) is 5.48. The van der Waals surface area contributed by atoms with Crippen LogP contribution < -0.4 is 4.74 Å². The lowest BCUT2D eigenvalue weighted by molar-refractivity contribution is 0.290. The van der Waals surface area contributed by atoms with Crippen LogP contribution in [0.4, 0.5) is 4.39 Å². The molecular formula is C28H28BFN2O. The number of nitrogens with zero attached hydrogens (tertiary/aromatic N) is 2. The highest BCUT2D eigenvalue weighted by atomic mass is 19.1. The van der Waals surface area contributed by atoms with Gasteiger partial charge in [-0.1, -0.05) is 80.1 Å². The number of allylic oxidation sites excluding steroid dienone is 2. The van der Waals surface area contributed by atoms with E-state index in [1.807, 2.05) is 66.4 Å². The van der Waals surface area contributed by atoms with E-state index in [9.17, 15) is 0 Å². The Labute approximate surface area is 196 Å². The average molecular weight is 438 g/mol. The fourth-order valence-corrected chi connectivity index (χ4v) is 4.11. The van der Waals surface area contributed by atoms with E-state index in [0.29, 0.717) is 24.6 Å². The first-order valence-corrected chi connectivity index (χ1v) is 11.3. The Kier molecular flexibility index (Phi) is 7.08. The van der Waals surface area contributed by atoms with Crippen molar-refractivity contribution in [2.75, 3.05) is 6.54 Å². The minimum absolute atomic E-state index is 0.218. The molecule has 4 rings (SSSR count). The van der Waals surface area contributed by atoms with Gasteiger partial charge in [0.05, 0.1) is 5.56 Å². The smallest absolute Gasteiger partial charge is 0.176 e. The number of ether oxygens (including phenoxy) is 1. The van der Waals surface area contributed by atoms with E-state index in [-0.39, 0.29) is 5.75 Å². The lowest BCUT2D eigenvalue weighted by atomic mass is 9.69. The first kappa shape index (κ1) is 22.6. The fourth-order valence-electron chi connectivity index (χ4n) is 4.11. The predicted molar refractivity (Wildman–Crippen MR) is 135 cm³/mol. The normalized spacial score (nSPS) is 13.7. The third-order valence-electron chi connectivity index (χ3n) is 5.90. The highest BCUT2D eigenvalue weighted by Gasteiger charge is 2.27. The summed E-state index contributed by atoms with van der Waals surface area (Å²) in [6.07, 6.45) is 0.806. The Morgan fingerprint density at radius 2 is 1.61 bits per heavy atom. The van der Waals surface area contributed by atoms with Crippen molar-refractivity contribution >= 4 is 13.1 Å². The van der Waals surface area contributed by atoms with Crippen LogP contribution >= 0.6 is 0 Å². The van der Waals surface area contributed by atoms with Crippen LogP contribution in [0.3, 0.4) is 0 Å². The molecule has 0 radical (unpaired) electrons. The van der Waals surface area contributed by atoms with Gasteiger partial charge in [-0.15, -0.1) is 0 Å². The third-order valence-corrected chi connectivity index (χ3v) is 5.90. The first-order chi connectivity index (χ1) is 16.1. The second-order valence-electron chi connectivity index (χ2n) is 8.08. The van der Waals surface area contributed by atoms with Gasteiger partial charge in [-0.25, -0.2) is 9.38 Å². The largest absolute Gasteiger partial charge is 0.486 e. The van der Waals surface area contributed by atoms with Crippen molar-refractivity contribution in [3.63, 3.8) is 0 Å². The van der Waals surface area contributed by atoms with Gasteiger partial charge in [0.25, 0.3) is 0 Å². The highest BCUT2D eigenvalue weighted by molar-refractivity contribution is 6.46. The Balaban J connectivity index is 1.64. The summed E-state index contributed by atoms with van der Waals surface area (Å²) in [7, 11) is 0.825. The number of amidine groups is 1. The summed E-state index contributed by atoms with van der Waals surface area (Å²) in [4.78, 5) is 6.87. The first-order valence-electron chi connectivity index (χ1n) is 11.3. The molecule has 166 valence electrons. The number of hydrogen-bond donors (Lipinski definition) is 0. The van der Waals surface area contributed by atoms with Gasteiger partial charge in [-0.2, -0.15) is 0 Å². The van der Waals surface area contributed by atoms with E-state index < -0.39 is 5.82 Å². The van der Waals surface area contributed by atoms with E-state index in [4.69, 9.17) is 9.73 Å². The third kappa shape index (κ3) is 5.09. The van der Waals surface area contributed by atoms with Crippen molar-refractivity contribution in [3.8, 4) is 5.75 Å². The fraction of sp³-hybridized carbons (Fsp3) is 0.179. The van der Waals surface area contributed by atoms with Crippen LogP contribution in [0.15, 0.2) is 107 Å². The summed E-state index contributed by atoms with van der Waals surface area (Å²) in [6, 6.07) is 25.3.